The second-order valence-electron chi connectivity index (χ2n) is 6.04. The molecule has 0 aliphatic heterocycles. The number of aliphatic hydroxyl groups is 1. The molecule has 0 saturated carbocycles. The Morgan fingerprint density at radius 3 is 2.25 bits per heavy atom. The summed E-state index contributed by atoms with van der Waals surface area (Å²) >= 11 is 0. The maximum absolute atomic E-state index is 12.4. The fourth-order valence-corrected chi connectivity index (χ4v) is 2.78. The van der Waals surface area contributed by atoms with E-state index in [1.165, 1.54) is 55.5 Å². The van der Waals surface area contributed by atoms with Crippen LogP contribution in [0.3, 0.4) is 0 Å². The average molecular weight is 466 g/mol. The van der Waals surface area contributed by atoms with Gasteiger partial charge >= 0.3 is 28.3 Å². The Bertz CT molecular complexity index is 1080. The van der Waals surface area contributed by atoms with Crippen LogP contribution in [0, 0.1) is 0 Å². The molecule has 2 atom stereocenters. The molecule has 32 heavy (non-hydrogen) atoms. The van der Waals surface area contributed by atoms with E-state index >= 15 is 0 Å². The number of hydrogen-bond acceptors (Lipinski definition) is 11. The van der Waals surface area contributed by atoms with Gasteiger partial charge in [-0.15, -0.1) is 0 Å². The van der Waals surface area contributed by atoms with Crippen molar-refractivity contribution < 1.29 is 51.1 Å². The molecule has 0 aliphatic rings. The molecule has 2 aromatic rings. The van der Waals surface area contributed by atoms with Gasteiger partial charge in [0.1, 0.15) is 0 Å². The van der Waals surface area contributed by atoms with Crippen LogP contribution in [0.25, 0.3) is 0 Å². The SMILES string of the molecule is C=CC(=O)OC(c1ccccc1C(=O)OS(=O)(=O)OOOC(=O)c1ccccc1)C(C)O. The lowest BCUT2D eigenvalue weighted by atomic mass is 9.99. The Morgan fingerprint density at radius 1 is 1.00 bits per heavy atom. The van der Waals surface area contributed by atoms with Crippen LogP contribution in [-0.2, 0) is 38.4 Å². The summed E-state index contributed by atoms with van der Waals surface area (Å²) in [6, 6.07) is 12.7. The molecular formula is C20H18O11S. The van der Waals surface area contributed by atoms with Gasteiger partial charge < -0.3 is 14.0 Å². The molecule has 0 saturated heterocycles. The third kappa shape index (κ3) is 6.99. The summed E-state index contributed by atoms with van der Waals surface area (Å²) in [7, 11) is -5.13. The fraction of sp³-hybridized carbons (Fsp3) is 0.150. The second-order valence-corrected chi connectivity index (χ2v) is 7.16. The number of ether oxygens (including phenoxy) is 1. The van der Waals surface area contributed by atoms with E-state index in [1.807, 2.05) is 0 Å². The first-order chi connectivity index (χ1) is 15.1. The van der Waals surface area contributed by atoms with E-state index in [0.29, 0.717) is 0 Å². The Hall–Kier alpha value is -3.58. The fourth-order valence-electron chi connectivity index (χ4n) is 2.38. The van der Waals surface area contributed by atoms with E-state index in [1.54, 1.807) is 6.07 Å². The van der Waals surface area contributed by atoms with Gasteiger partial charge in [-0.25, -0.2) is 14.4 Å². The Labute approximate surface area is 182 Å². The topological polar surface area (TPSA) is 152 Å². The highest BCUT2D eigenvalue weighted by atomic mass is 32.3. The predicted octanol–water partition coefficient (Wildman–Crippen LogP) is 1.96. The minimum absolute atomic E-state index is 0.0395. The number of benzene rings is 2. The van der Waals surface area contributed by atoms with E-state index < -0.39 is 40.5 Å². The van der Waals surface area contributed by atoms with Crippen molar-refractivity contribution in [2.75, 3.05) is 0 Å². The van der Waals surface area contributed by atoms with Crippen LogP contribution in [0.15, 0.2) is 67.3 Å². The highest BCUT2D eigenvalue weighted by molar-refractivity contribution is 7.82. The summed E-state index contributed by atoms with van der Waals surface area (Å²) in [5, 5.41) is 13.8. The number of carbonyl (C=O) groups excluding carboxylic acids is 3. The van der Waals surface area contributed by atoms with Gasteiger partial charge in [0.05, 0.1) is 17.2 Å². The molecule has 0 spiro atoms. The molecule has 0 radical (unpaired) electrons. The number of rotatable bonds is 10. The lowest BCUT2D eigenvalue weighted by Gasteiger charge is -2.22. The standard InChI is InChI=1S/C20H18O11S/c1-3-17(22)27-18(13(2)21)15-11-7-8-12-16(15)20(24)29-32(25,26)31-30-28-19(23)14-9-5-4-6-10-14/h3-13,18,21H,1H2,2H3. The third-order valence-electron chi connectivity index (χ3n) is 3.74. The number of hydrogen-bond donors (Lipinski definition) is 1. The summed E-state index contributed by atoms with van der Waals surface area (Å²) < 4.78 is 36.9. The molecule has 0 amide bonds. The van der Waals surface area contributed by atoms with Crippen molar-refractivity contribution in [3.05, 3.63) is 83.9 Å². The van der Waals surface area contributed by atoms with Gasteiger partial charge in [0.15, 0.2) is 6.10 Å². The van der Waals surface area contributed by atoms with Crippen LogP contribution in [0.2, 0.25) is 0 Å². The maximum Gasteiger partial charge on any atom is 0.482 e. The quantitative estimate of drug-likeness (QED) is 0.237. The Kier molecular flexibility index (Phi) is 8.61. The predicted molar refractivity (Wildman–Crippen MR) is 106 cm³/mol. The zero-order valence-electron chi connectivity index (χ0n) is 16.6. The summed E-state index contributed by atoms with van der Waals surface area (Å²) in [5.74, 6) is -3.40. The smallest absolute Gasteiger partial charge is 0.452 e. The van der Waals surface area contributed by atoms with Crippen LogP contribution in [-0.4, -0.2) is 37.5 Å². The highest BCUT2D eigenvalue weighted by Gasteiger charge is 2.30. The van der Waals surface area contributed by atoms with Gasteiger partial charge in [0, 0.05) is 16.7 Å². The first kappa shape index (κ1) is 24.7. The maximum atomic E-state index is 12.4. The lowest BCUT2D eigenvalue weighted by molar-refractivity contribution is -0.430. The molecule has 0 aliphatic carbocycles. The van der Waals surface area contributed by atoms with Gasteiger partial charge in [0.2, 0.25) is 0 Å². The molecular weight excluding hydrogens is 448 g/mol. The van der Waals surface area contributed by atoms with Gasteiger partial charge in [-0.05, 0) is 29.5 Å². The minimum atomic E-state index is -5.13. The first-order valence-corrected chi connectivity index (χ1v) is 10.2. The van der Waals surface area contributed by atoms with Crippen LogP contribution in [0.4, 0.5) is 0 Å². The van der Waals surface area contributed by atoms with Crippen LogP contribution in [0.5, 0.6) is 0 Å². The van der Waals surface area contributed by atoms with E-state index in [9.17, 15) is 27.9 Å². The Morgan fingerprint density at radius 2 is 1.62 bits per heavy atom. The molecule has 12 heteroatoms. The monoisotopic (exact) mass is 466 g/mol. The largest absolute Gasteiger partial charge is 0.482 e. The van der Waals surface area contributed by atoms with Gasteiger partial charge in [-0.1, -0.05) is 43.0 Å². The number of esters is 1. The normalized spacial score (nSPS) is 12.8. The molecule has 0 fully saturated rings. The molecule has 170 valence electrons. The van der Waals surface area contributed by atoms with Crippen molar-refractivity contribution in [1.82, 2.24) is 0 Å². The molecule has 0 heterocycles. The van der Waals surface area contributed by atoms with Crippen LogP contribution in [0.1, 0.15) is 39.3 Å². The average Bonchev–Trinajstić information content (AvgIpc) is 2.77. The highest BCUT2D eigenvalue weighted by Crippen LogP contribution is 2.26. The van der Waals surface area contributed by atoms with E-state index in [0.717, 1.165) is 6.08 Å². The van der Waals surface area contributed by atoms with Gasteiger partial charge in [0.25, 0.3) is 0 Å². The lowest BCUT2D eigenvalue weighted by Crippen LogP contribution is -2.24. The molecule has 1 N–H and O–H groups in total. The number of aliphatic hydroxyl groups excluding tert-OH is 1. The van der Waals surface area contributed by atoms with Crippen molar-refractivity contribution in [1.29, 1.82) is 0 Å². The zero-order valence-corrected chi connectivity index (χ0v) is 17.4. The van der Waals surface area contributed by atoms with Gasteiger partial charge in [-0.2, -0.15) is 8.42 Å². The zero-order chi connectivity index (χ0) is 23.7. The van der Waals surface area contributed by atoms with Crippen molar-refractivity contribution in [3.63, 3.8) is 0 Å². The van der Waals surface area contributed by atoms with Gasteiger partial charge in [-0.3, -0.25) is 4.89 Å². The minimum Gasteiger partial charge on any atom is -0.452 e. The second kappa shape index (κ2) is 11.2. The molecule has 2 aromatic carbocycles. The first-order valence-electron chi connectivity index (χ1n) is 8.85. The van der Waals surface area contributed by atoms with Crippen molar-refractivity contribution in [2.45, 2.75) is 19.1 Å². The Balaban J connectivity index is 2.08. The summed E-state index contributed by atoms with van der Waals surface area (Å²) in [6.45, 7) is 4.53. The molecule has 11 nitrogen and oxygen atoms in total. The van der Waals surface area contributed by atoms with Crippen LogP contribution >= 0.6 is 0 Å². The molecule has 0 aromatic heterocycles. The molecule has 0 bridgehead atoms. The number of carbonyl (C=O) groups is 3. The summed E-state index contributed by atoms with van der Waals surface area (Å²) in [4.78, 5) is 39.8. The molecule has 2 rings (SSSR count). The van der Waals surface area contributed by atoms with Crippen molar-refractivity contribution >= 4 is 28.3 Å². The molecule has 2 unspecified atom stereocenters. The van der Waals surface area contributed by atoms with E-state index in [4.69, 9.17) is 4.74 Å². The van der Waals surface area contributed by atoms with Crippen molar-refractivity contribution in [3.8, 4) is 0 Å². The third-order valence-corrected chi connectivity index (χ3v) is 4.32. The summed E-state index contributed by atoms with van der Waals surface area (Å²) in [5.41, 5.74) is -0.365. The van der Waals surface area contributed by atoms with Crippen molar-refractivity contribution in [2.24, 2.45) is 0 Å². The van der Waals surface area contributed by atoms with Crippen LogP contribution < -0.4 is 0 Å². The van der Waals surface area contributed by atoms with E-state index in [2.05, 4.69) is 25.0 Å². The van der Waals surface area contributed by atoms with E-state index in [-0.39, 0.29) is 16.7 Å². The summed E-state index contributed by atoms with van der Waals surface area (Å²) in [6.07, 6.45) is -1.76.